The largest absolute Gasteiger partial charge is 0.331 e. The summed E-state index contributed by atoms with van der Waals surface area (Å²) < 4.78 is 2.45. The highest BCUT2D eigenvalue weighted by Gasteiger charge is 2.38. The number of hydrogen-bond donors (Lipinski definition) is 4. The predicted octanol–water partition coefficient (Wildman–Crippen LogP) is 5.03. The van der Waals surface area contributed by atoms with Gasteiger partial charge in [0.1, 0.15) is 11.4 Å². The van der Waals surface area contributed by atoms with Crippen LogP contribution in [0.4, 0.5) is 0 Å². The highest BCUT2D eigenvalue weighted by molar-refractivity contribution is 5.73. The number of nitrogens with zero attached hydrogens (tertiary/aromatic N) is 1. The molecule has 2 heterocycles. The summed E-state index contributed by atoms with van der Waals surface area (Å²) in [4.78, 5) is 0. The van der Waals surface area contributed by atoms with E-state index >= 15 is 0 Å². The molecule has 5 nitrogen and oxygen atoms in total. The van der Waals surface area contributed by atoms with E-state index in [9.17, 15) is 0 Å². The molecule has 2 saturated carbocycles. The molecule has 1 aliphatic heterocycles. The maximum absolute atomic E-state index is 4.86. The molecule has 1 aromatic heterocycles. The Kier molecular flexibility index (Phi) is 7.68. The Morgan fingerprint density at radius 1 is 0.590 bits per heavy atom. The molecule has 2 fully saturated rings. The summed E-state index contributed by atoms with van der Waals surface area (Å²) in [5.41, 5.74) is 9.04. The first-order chi connectivity index (χ1) is 19.3. The molecule has 2 bridgehead atoms. The third kappa shape index (κ3) is 5.05. The minimum atomic E-state index is 0.375. The van der Waals surface area contributed by atoms with Crippen molar-refractivity contribution in [1.29, 1.82) is 0 Å². The molecule has 5 heteroatoms. The molecule has 1 aromatic carbocycles. The van der Waals surface area contributed by atoms with E-state index in [0.717, 1.165) is 13.1 Å². The van der Waals surface area contributed by atoms with Gasteiger partial charge in [-0.25, -0.2) is 0 Å². The fourth-order valence-corrected chi connectivity index (χ4v) is 8.90. The molecule has 5 aliphatic rings. The zero-order chi connectivity index (χ0) is 26.2. The van der Waals surface area contributed by atoms with Crippen molar-refractivity contribution in [3.05, 3.63) is 59.9 Å². The van der Waals surface area contributed by atoms with Gasteiger partial charge in [-0.15, -0.1) is 0 Å². The average Bonchev–Trinajstić information content (AvgIpc) is 2.97. The summed E-state index contributed by atoms with van der Waals surface area (Å²) in [6.45, 7) is 2.13. The van der Waals surface area contributed by atoms with Crippen molar-refractivity contribution >= 4 is 0 Å². The fraction of sp³-hybridized carbons (Fsp3) is 0.647. The van der Waals surface area contributed by atoms with Gasteiger partial charge in [-0.05, 0) is 86.5 Å². The van der Waals surface area contributed by atoms with E-state index in [1.807, 2.05) is 0 Å². The molecule has 0 radical (unpaired) electrons. The molecule has 6 unspecified atom stereocenters. The maximum Gasteiger partial charge on any atom is 0.103 e. The van der Waals surface area contributed by atoms with Crippen LogP contribution in [0.2, 0.25) is 0 Å². The molecule has 39 heavy (non-hydrogen) atoms. The Morgan fingerprint density at radius 3 is 1.59 bits per heavy atom. The molecule has 7 rings (SSSR count). The van der Waals surface area contributed by atoms with Crippen molar-refractivity contribution in [2.45, 2.75) is 126 Å². The van der Waals surface area contributed by atoms with Gasteiger partial charge in [0.2, 0.25) is 0 Å². The molecule has 0 spiro atoms. The van der Waals surface area contributed by atoms with Gasteiger partial charge in [0, 0.05) is 56.4 Å². The van der Waals surface area contributed by atoms with Gasteiger partial charge in [0.15, 0.2) is 0 Å². The van der Waals surface area contributed by atoms with Gasteiger partial charge in [0.25, 0.3) is 0 Å². The summed E-state index contributed by atoms with van der Waals surface area (Å²) in [7, 11) is 4.86. The van der Waals surface area contributed by atoms with E-state index in [2.05, 4.69) is 56.2 Å². The van der Waals surface area contributed by atoms with Gasteiger partial charge in [-0.1, -0.05) is 56.0 Å². The second-order valence-electron chi connectivity index (χ2n) is 13.0. The normalized spacial score (nSPS) is 33.2. The lowest BCUT2D eigenvalue weighted by atomic mass is 9.78. The van der Waals surface area contributed by atoms with Gasteiger partial charge in [-0.3, -0.25) is 0 Å². The van der Waals surface area contributed by atoms with Crippen LogP contribution < -0.4 is 25.8 Å². The number of nitrogens with one attached hydrogen (secondary N) is 4. The van der Waals surface area contributed by atoms with Crippen LogP contribution in [-0.2, 0) is 12.8 Å². The van der Waals surface area contributed by atoms with E-state index in [0.29, 0.717) is 36.3 Å². The molecular formula is C34H49N5. The molecule has 0 amide bonds. The quantitative estimate of drug-likeness (QED) is 0.310. The summed E-state index contributed by atoms with van der Waals surface area (Å²) in [6.07, 6.45) is 17.8. The van der Waals surface area contributed by atoms with Crippen molar-refractivity contribution in [2.75, 3.05) is 13.1 Å². The molecule has 2 aromatic rings. The monoisotopic (exact) mass is 527 g/mol. The lowest BCUT2D eigenvalue weighted by Gasteiger charge is -2.41. The predicted molar refractivity (Wildman–Crippen MR) is 159 cm³/mol. The zero-order valence-corrected chi connectivity index (χ0v) is 23.8. The van der Waals surface area contributed by atoms with Gasteiger partial charge < -0.3 is 25.8 Å². The van der Waals surface area contributed by atoms with Crippen molar-refractivity contribution < 1.29 is 4.57 Å². The van der Waals surface area contributed by atoms with Crippen LogP contribution in [0.3, 0.4) is 0 Å². The topological polar surface area (TPSA) is 52.0 Å². The summed E-state index contributed by atoms with van der Waals surface area (Å²) >= 11 is 0. The first-order valence-electron chi connectivity index (χ1n) is 16.3. The minimum absolute atomic E-state index is 0.375. The smallest absolute Gasteiger partial charge is 0.103 e. The van der Waals surface area contributed by atoms with E-state index < -0.39 is 0 Å². The maximum atomic E-state index is 4.86. The number of aromatic nitrogens is 1. The molecule has 6 atom stereocenters. The van der Waals surface area contributed by atoms with Crippen LogP contribution in [0.1, 0.15) is 112 Å². The third-order valence-electron chi connectivity index (χ3n) is 10.7. The number of rotatable bonds is 1. The van der Waals surface area contributed by atoms with Crippen molar-refractivity contribution in [2.24, 2.45) is 0 Å². The number of hydrogen-bond acceptors (Lipinski definition) is 4. The third-order valence-corrected chi connectivity index (χ3v) is 10.7. The van der Waals surface area contributed by atoms with Crippen LogP contribution in [-0.4, -0.2) is 37.3 Å². The van der Waals surface area contributed by atoms with Crippen LogP contribution >= 0.6 is 0 Å². The fourth-order valence-electron chi connectivity index (χ4n) is 8.90. The zero-order valence-electron chi connectivity index (χ0n) is 23.8. The lowest BCUT2D eigenvalue weighted by molar-refractivity contribution is -0.635. The highest BCUT2D eigenvalue weighted by atomic mass is 15.1. The van der Waals surface area contributed by atoms with Gasteiger partial charge in [-0.2, -0.15) is 0 Å². The summed E-state index contributed by atoms with van der Waals surface area (Å²) in [5, 5.41) is 16.5. The van der Waals surface area contributed by atoms with E-state index in [1.165, 1.54) is 107 Å². The SMILES string of the molecule is [CH2-][n+]1c2c3c(-c4ccccc4)c4c1C(CCC4)NC1CCCCC1NCCNC1CCCCC1NC2CCC3. The Labute approximate surface area is 235 Å². The Morgan fingerprint density at radius 2 is 1.08 bits per heavy atom. The Bertz CT molecular complexity index is 1080. The number of pyridine rings is 1. The van der Waals surface area contributed by atoms with Gasteiger partial charge >= 0.3 is 0 Å². The Balaban J connectivity index is 1.38. The lowest BCUT2D eigenvalue weighted by Crippen LogP contribution is -2.54. The number of fused-ring (bicyclic) bond motifs is 2. The average molecular weight is 528 g/mol. The van der Waals surface area contributed by atoms with Crippen LogP contribution in [0.5, 0.6) is 0 Å². The molecule has 0 saturated heterocycles. The first kappa shape index (κ1) is 26.0. The van der Waals surface area contributed by atoms with Gasteiger partial charge in [0.05, 0.1) is 0 Å². The van der Waals surface area contributed by atoms with E-state index in [1.54, 1.807) is 16.7 Å². The molecule has 4 N–H and O–H groups in total. The molecule has 4 aliphatic carbocycles. The second kappa shape index (κ2) is 11.5. The van der Waals surface area contributed by atoms with Crippen molar-refractivity contribution in [3.63, 3.8) is 0 Å². The number of benzene rings is 1. The Hall–Kier alpha value is -1.92. The molecular weight excluding hydrogens is 478 g/mol. The summed E-state index contributed by atoms with van der Waals surface area (Å²) in [6, 6.07) is 14.3. The van der Waals surface area contributed by atoms with Crippen molar-refractivity contribution in [1.82, 2.24) is 21.3 Å². The minimum Gasteiger partial charge on any atom is -0.331 e. The first-order valence-corrected chi connectivity index (χ1v) is 16.3. The van der Waals surface area contributed by atoms with E-state index in [4.69, 9.17) is 7.05 Å². The highest BCUT2D eigenvalue weighted by Crippen LogP contribution is 2.43. The van der Waals surface area contributed by atoms with Crippen LogP contribution in [0, 0.1) is 7.05 Å². The molecule has 210 valence electrons. The van der Waals surface area contributed by atoms with Crippen molar-refractivity contribution in [3.8, 4) is 11.1 Å². The second-order valence-corrected chi connectivity index (χ2v) is 13.0. The van der Waals surface area contributed by atoms with E-state index in [-0.39, 0.29) is 0 Å². The van der Waals surface area contributed by atoms with Crippen LogP contribution in [0.15, 0.2) is 30.3 Å². The van der Waals surface area contributed by atoms with Crippen LogP contribution in [0.25, 0.3) is 11.1 Å². The summed E-state index contributed by atoms with van der Waals surface area (Å²) in [5.74, 6) is 0. The standard InChI is InChI=1S/C34H49N5/c1-39-33-24-13-9-19-30(33)37-28-17-7-5-15-26(28)35-21-22-36-27-16-6-8-18-29(27)38-31-20-10-14-25(34(31)39)32(24)23-11-3-2-4-12-23/h2-4,11-12,26-31,35-38H,1,5-10,13-22H2.